The van der Waals surface area contributed by atoms with E-state index < -0.39 is 0 Å². The van der Waals surface area contributed by atoms with E-state index in [9.17, 15) is 4.79 Å². The number of rotatable bonds is 7. The van der Waals surface area contributed by atoms with Crippen molar-refractivity contribution in [2.24, 2.45) is 0 Å². The van der Waals surface area contributed by atoms with E-state index >= 15 is 0 Å². The van der Waals surface area contributed by atoms with Gasteiger partial charge >= 0.3 is 0 Å². The Morgan fingerprint density at radius 3 is 2.62 bits per heavy atom. The highest BCUT2D eigenvalue weighted by atomic mass is 32.2. The molecule has 0 aliphatic rings. The van der Waals surface area contributed by atoms with Crippen LogP contribution in [0.4, 0.5) is 0 Å². The number of carbonyl (C=O) groups is 1. The van der Waals surface area contributed by atoms with Crippen LogP contribution in [0.15, 0.2) is 66.3 Å². The van der Waals surface area contributed by atoms with Gasteiger partial charge in [-0.25, -0.2) is 4.98 Å². The van der Waals surface area contributed by atoms with Gasteiger partial charge in [-0.2, -0.15) is 0 Å². The van der Waals surface area contributed by atoms with Crippen molar-refractivity contribution in [2.45, 2.75) is 18.1 Å². The molecule has 2 aromatic heterocycles. The Kier molecular flexibility index (Phi) is 5.91. The molecule has 26 heavy (non-hydrogen) atoms. The number of imidazole rings is 1. The number of pyridine rings is 1. The Labute approximate surface area is 156 Å². The quantitative estimate of drug-likeness (QED) is 0.649. The normalized spacial score (nSPS) is 11.8. The molecule has 3 aromatic rings. The van der Waals surface area contributed by atoms with Gasteiger partial charge in [-0.3, -0.25) is 14.3 Å². The number of ether oxygens (including phenoxy) is 1. The van der Waals surface area contributed by atoms with Gasteiger partial charge in [0, 0.05) is 30.5 Å². The lowest BCUT2D eigenvalue weighted by Gasteiger charge is -2.14. The van der Waals surface area contributed by atoms with Gasteiger partial charge in [-0.15, -0.1) is 0 Å². The minimum atomic E-state index is -0.0626. The second kappa shape index (κ2) is 8.53. The molecule has 1 unspecified atom stereocenters. The number of nitrogens with one attached hydrogen (secondary N) is 1. The number of hydrogen-bond acceptors (Lipinski definition) is 5. The fraction of sp³-hybridized carbons (Fsp3) is 0.211. The zero-order chi connectivity index (χ0) is 18.4. The molecule has 0 aliphatic heterocycles. The average molecular weight is 368 g/mol. The summed E-state index contributed by atoms with van der Waals surface area (Å²) in [5.41, 5.74) is 1.99. The predicted octanol–water partition coefficient (Wildman–Crippen LogP) is 3.25. The summed E-state index contributed by atoms with van der Waals surface area (Å²) >= 11 is 1.40. The summed E-state index contributed by atoms with van der Waals surface area (Å²) in [6.07, 6.45) is 7.04. The van der Waals surface area contributed by atoms with E-state index in [1.54, 1.807) is 25.7 Å². The number of nitrogens with zero attached hydrogens (tertiary/aromatic N) is 3. The molecular formula is C19H20N4O2S. The summed E-state index contributed by atoms with van der Waals surface area (Å²) in [7, 11) is 1.64. The molecule has 1 amide bonds. The van der Waals surface area contributed by atoms with Gasteiger partial charge in [0.05, 0.1) is 18.9 Å². The first-order chi connectivity index (χ1) is 12.7. The van der Waals surface area contributed by atoms with Crippen LogP contribution in [0.3, 0.4) is 0 Å². The largest absolute Gasteiger partial charge is 0.497 e. The molecule has 3 rings (SSSR count). The highest BCUT2D eigenvalue weighted by molar-refractivity contribution is 7.99. The van der Waals surface area contributed by atoms with Crippen LogP contribution in [0.1, 0.15) is 18.5 Å². The standard InChI is InChI=1S/C19H20N4O2S/c1-14(15-7-9-20-10-8-15)22-18(24)13-26-19-21-11-12-23(19)16-3-5-17(25-2)6-4-16/h3-12,14H,13H2,1-2H3,(H,22,24). The van der Waals surface area contributed by atoms with Crippen molar-refractivity contribution in [3.8, 4) is 11.4 Å². The highest BCUT2D eigenvalue weighted by Crippen LogP contribution is 2.22. The summed E-state index contributed by atoms with van der Waals surface area (Å²) in [6, 6.07) is 11.4. The van der Waals surface area contributed by atoms with Gasteiger partial charge in [0.1, 0.15) is 5.75 Å². The molecule has 0 spiro atoms. The molecule has 134 valence electrons. The first-order valence-electron chi connectivity index (χ1n) is 8.17. The molecule has 0 saturated carbocycles. The molecule has 0 radical (unpaired) electrons. The maximum Gasteiger partial charge on any atom is 0.230 e. The summed E-state index contributed by atoms with van der Waals surface area (Å²) in [6.45, 7) is 1.95. The lowest BCUT2D eigenvalue weighted by atomic mass is 10.1. The number of thioether (sulfide) groups is 1. The van der Waals surface area contributed by atoms with Crippen LogP contribution in [0.5, 0.6) is 5.75 Å². The van der Waals surface area contributed by atoms with Crippen molar-refractivity contribution >= 4 is 17.7 Å². The zero-order valence-electron chi connectivity index (χ0n) is 14.6. The Balaban J connectivity index is 1.60. The fourth-order valence-electron chi connectivity index (χ4n) is 2.48. The van der Waals surface area contributed by atoms with E-state index in [1.807, 2.05) is 54.1 Å². The molecule has 0 saturated heterocycles. The Morgan fingerprint density at radius 2 is 1.92 bits per heavy atom. The second-order valence-electron chi connectivity index (χ2n) is 5.64. The Bertz CT molecular complexity index is 849. The van der Waals surface area contributed by atoms with Crippen molar-refractivity contribution in [1.29, 1.82) is 0 Å². The van der Waals surface area contributed by atoms with Crippen molar-refractivity contribution in [1.82, 2.24) is 19.9 Å². The predicted molar refractivity (Wildman–Crippen MR) is 102 cm³/mol. The lowest BCUT2D eigenvalue weighted by Crippen LogP contribution is -2.28. The lowest BCUT2D eigenvalue weighted by molar-refractivity contribution is -0.119. The molecule has 0 fully saturated rings. The molecule has 6 nitrogen and oxygen atoms in total. The molecular weight excluding hydrogens is 348 g/mol. The van der Waals surface area contributed by atoms with Gasteiger partial charge in [0.25, 0.3) is 0 Å². The second-order valence-corrected chi connectivity index (χ2v) is 6.58. The van der Waals surface area contributed by atoms with Gasteiger partial charge in [-0.1, -0.05) is 11.8 Å². The molecule has 1 N–H and O–H groups in total. The average Bonchev–Trinajstić information content (AvgIpc) is 3.15. The van der Waals surface area contributed by atoms with Crippen LogP contribution in [-0.4, -0.2) is 33.3 Å². The van der Waals surface area contributed by atoms with Gasteiger partial charge in [0.2, 0.25) is 5.91 Å². The van der Waals surface area contributed by atoms with Crippen LogP contribution in [-0.2, 0) is 4.79 Å². The third-order valence-electron chi connectivity index (χ3n) is 3.87. The number of amides is 1. The van der Waals surface area contributed by atoms with Crippen molar-refractivity contribution in [3.63, 3.8) is 0 Å². The monoisotopic (exact) mass is 368 g/mol. The number of aromatic nitrogens is 3. The highest BCUT2D eigenvalue weighted by Gasteiger charge is 2.12. The summed E-state index contributed by atoms with van der Waals surface area (Å²) in [4.78, 5) is 20.6. The van der Waals surface area contributed by atoms with Crippen LogP contribution < -0.4 is 10.1 Å². The molecule has 0 bridgehead atoms. The maximum absolute atomic E-state index is 12.3. The Morgan fingerprint density at radius 1 is 1.19 bits per heavy atom. The van der Waals surface area contributed by atoms with Crippen molar-refractivity contribution in [2.75, 3.05) is 12.9 Å². The van der Waals surface area contributed by atoms with Gasteiger partial charge in [0.15, 0.2) is 5.16 Å². The topological polar surface area (TPSA) is 69.0 Å². The maximum atomic E-state index is 12.3. The van der Waals surface area contributed by atoms with E-state index in [-0.39, 0.29) is 11.9 Å². The Hall–Kier alpha value is -2.80. The van der Waals surface area contributed by atoms with E-state index in [2.05, 4.69) is 15.3 Å². The van der Waals surface area contributed by atoms with Crippen molar-refractivity contribution in [3.05, 3.63) is 66.7 Å². The molecule has 7 heteroatoms. The van der Waals surface area contributed by atoms with Gasteiger partial charge in [-0.05, 0) is 48.9 Å². The van der Waals surface area contributed by atoms with Crippen LogP contribution >= 0.6 is 11.8 Å². The van der Waals surface area contributed by atoms with Crippen LogP contribution in [0.25, 0.3) is 5.69 Å². The van der Waals surface area contributed by atoms with Gasteiger partial charge < -0.3 is 10.1 Å². The summed E-state index contributed by atoms with van der Waals surface area (Å²) in [5, 5.41) is 3.76. The summed E-state index contributed by atoms with van der Waals surface area (Å²) in [5.74, 6) is 1.05. The van der Waals surface area contributed by atoms with E-state index in [0.717, 1.165) is 22.2 Å². The summed E-state index contributed by atoms with van der Waals surface area (Å²) < 4.78 is 7.13. The first-order valence-corrected chi connectivity index (χ1v) is 9.16. The SMILES string of the molecule is COc1ccc(-n2ccnc2SCC(=O)NC(C)c2ccncc2)cc1. The minimum absolute atomic E-state index is 0.0383. The van der Waals surface area contributed by atoms with E-state index in [0.29, 0.717) is 5.75 Å². The minimum Gasteiger partial charge on any atom is -0.497 e. The number of methoxy groups -OCH3 is 1. The smallest absolute Gasteiger partial charge is 0.230 e. The fourth-order valence-corrected chi connectivity index (χ4v) is 3.27. The first kappa shape index (κ1) is 18.0. The van der Waals surface area contributed by atoms with Crippen molar-refractivity contribution < 1.29 is 9.53 Å². The molecule has 1 atom stereocenters. The number of carbonyl (C=O) groups excluding carboxylic acids is 1. The number of benzene rings is 1. The van der Waals surface area contributed by atoms with E-state index in [4.69, 9.17) is 4.74 Å². The zero-order valence-corrected chi connectivity index (χ0v) is 15.4. The van der Waals surface area contributed by atoms with Crippen LogP contribution in [0.2, 0.25) is 0 Å². The van der Waals surface area contributed by atoms with E-state index in [1.165, 1.54) is 11.8 Å². The molecule has 2 heterocycles. The number of hydrogen-bond donors (Lipinski definition) is 1. The molecule has 1 aromatic carbocycles. The molecule has 0 aliphatic carbocycles. The van der Waals surface area contributed by atoms with Crippen LogP contribution in [0, 0.1) is 0 Å². The third-order valence-corrected chi connectivity index (χ3v) is 4.84. The third kappa shape index (κ3) is 4.43.